The van der Waals surface area contributed by atoms with Crippen LogP contribution in [0.4, 0.5) is 5.82 Å². The molecule has 2 rings (SSSR count). The summed E-state index contributed by atoms with van der Waals surface area (Å²) in [5.74, 6) is -1.60. The molecule has 3 atom stereocenters. The predicted molar refractivity (Wildman–Crippen MR) is 141 cm³/mol. The molecule has 0 radical (unpaired) electrons. The number of aromatic nitrogens is 2. The third kappa shape index (κ3) is 10.2. The van der Waals surface area contributed by atoms with Crippen molar-refractivity contribution in [2.45, 2.75) is 85.2 Å². The summed E-state index contributed by atoms with van der Waals surface area (Å²) >= 11 is 0.997. The molecule has 13 nitrogen and oxygen atoms in total. The van der Waals surface area contributed by atoms with Gasteiger partial charge >= 0.3 is 17.9 Å². The van der Waals surface area contributed by atoms with Gasteiger partial charge in [-0.2, -0.15) is 4.37 Å². The molecular formula is C25H40N4O9S. The average molecular weight is 573 g/mol. The number of hydrogen-bond acceptors (Lipinski definition) is 13. The Bertz CT molecular complexity index is 975. The van der Waals surface area contributed by atoms with Gasteiger partial charge in [-0.05, 0) is 41.0 Å². The zero-order valence-electron chi connectivity index (χ0n) is 23.8. The molecule has 0 aromatic carbocycles. The third-order valence-electron chi connectivity index (χ3n) is 5.74. The van der Waals surface area contributed by atoms with E-state index in [4.69, 9.17) is 23.7 Å². The summed E-state index contributed by atoms with van der Waals surface area (Å²) in [5.41, 5.74) is -0.562. The summed E-state index contributed by atoms with van der Waals surface area (Å²) in [6.07, 6.45) is -2.65. The van der Waals surface area contributed by atoms with Crippen LogP contribution in [0.15, 0.2) is 0 Å². The highest BCUT2D eigenvalue weighted by Crippen LogP contribution is 2.27. The predicted octanol–water partition coefficient (Wildman–Crippen LogP) is 1.98. The van der Waals surface area contributed by atoms with Crippen molar-refractivity contribution in [1.29, 1.82) is 0 Å². The number of anilines is 1. The Morgan fingerprint density at radius 3 is 2.23 bits per heavy atom. The smallest absolute Gasteiger partial charge is 0.347 e. The van der Waals surface area contributed by atoms with Gasteiger partial charge in [0.1, 0.15) is 6.61 Å². The lowest BCUT2D eigenvalue weighted by molar-refractivity contribution is -0.180. The molecule has 1 saturated heterocycles. The molecule has 1 fully saturated rings. The van der Waals surface area contributed by atoms with E-state index in [0.29, 0.717) is 38.5 Å². The van der Waals surface area contributed by atoms with E-state index in [0.717, 1.165) is 11.7 Å². The van der Waals surface area contributed by atoms with Crippen LogP contribution in [0.5, 0.6) is 5.88 Å². The number of carbonyl (C=O) groups is 4. The Morgan fingerprint density at radius 2 is 1.64 bits per heavy atom. The molecule has 1 aliphatic rings. The summed E-state index contributed by atoms with van der Waals surface area (Å²) in [6, 6.07) is 0. The van der Waals surface area contributed by atoms with Crippen LogP contribution in [0.25, 0.3) is 0 Å². The highest BCUT2D eigenvalue weighted by molar-refractivity contribution is 6.99. The van der Waals surface area contributed by atoms with E-state index in [1.807, 2.05) is 32.6 Å². The summed E-state index contributed by atoms with van der Waals surface area (Å²) in [4.78, 5) is 52.9. The van der Waals surface area contributed by atoms with Gasteiger partial charge in [-0.15, -0.1) is 4.37 Å². The van der Waals surface area contributed by atoms with E-state index in [9.17, 15) is 19.2 Å². The van der Waals surface area contributed by atoms with E-state index in [1.54, 1.807) is 4.90 Å². The van der Waals surface area contributed by atoms with Gasteiger partial charge < -0.3 is 33.5 Å². The summed E-state index contributed by atoms with van der Waals surface area (Å²) < 4.78 is 35.7. The lowest BCUT2D eigenvalue weighted by Gasteiger charge is -2.37. The van der Waals surface area contributed by atoms with Crippen molar-refractivity contribution in [1.82, 2.24) is 13.6 Å². The number of morpholine rings is 1. The first-order valence-electron chi connectivity index (χ1n) is 13.0. The van der Waals surface area contributed by atoms with Gasteiger partial charge in [0.2, 0.25) is 11.7 Å². The second kappa shape index (κ2) is 15.0. The molecule has 0 unspecified atom stereocenters. The fourth-order valence-corrected chi connectivity index (χ4v) is 4.22. The maximum Gasteiger partial charge on any atom is 0.347 e. The molecule has 0 N–H and O–H groups in total. The lowest BCUT2D eigenvalue weighted by Crippen LogP contribution is -2.50. The van der Waals surface area contributed by atoms with Crippen molar-refractivity contribution in [2.75, 3.05) is 44.4 Å². The van der Waals surface area contributed by atoms with Gasteiger partial charge in [-0.3, -0.25) is 9.59 Å². The number of carbonyl (C=O) groups excluding carboxylic acids is 4. The van der Waals surface area contributed by atoms with Crippen LogP contribution in [0.1, 0.15) is 61.3 Å². The number of ether oxygens (including phenoxy) is 5. The highest BCUT2D eigenvalue weighted by Gasteiger charge is 2.32. The zero-order chi connectivity index (χ0) is 29.2. The second-order valence-corrected chi connectivity index (χ2v) is 10.7. The molecule has 1 aromatic rings. The minimum Gasteiger partial charge on any atom is -0.470 e. The monoisotopic (exact) mass is 572 g/mol. The summed E-state index contributed by atoms with van der Waals surface area (Å²) in [5, 5.41) is 0. The molecule has 1 aliphatic heterocycles. The average Bonchev–Trinajstić information content (AvgIpc) is 3.33. The van der Waals surface area contributed by atoms with Crippen molar-refractivity contribution in [3.63, 3.8) is 0 Å². The molecular weight excluding hydrogens is 532 g/mol. The summed E-state index contributed by atoms with van der Waals surface area (Å²) in [6.45, 7) is 13.8. The largest absolute Gasteiger partial charge is 0.470 e. The Hall–Kier alpha value is -3.00. The minimum absolute atomic E-state index is 0.0285. The maximum atomic E-state index is 12.9. The zero-order valence-corrected chi connectivity index (χ0v) is 24.6. The van der Waals surface area contributed by atoms with Crippen molar-refractivity contribution < 1.29 is 42.9 Å². The Labute approximate surface area is 233 Å². The molecule has 2 heterocycles. The van der Waals surface area contributed by atoms with Gasteiger partial charge in [0.05, 0.1) is 31.5 Å². The van der Waals surface area contributed by atoms with Crippen molar-refractivity contribution in [3.05, 3.63) is 0 Å². The van der Waals surface area contributed by atoms with Gasteiger partial charge in [-0.25, -0.2) is 9.59 Å². The van der Waals surface area contributed by atoms with Crippen LogP contribution in [-0.4, -0.2) is 101 Å². The van der Waals surface area contributed by atoms with Gasteiger partial charge in [0, 0.05) is 32.0 Å². The van der Waals surface area contributed by atoms with Crippen LogP contribution in [0.2, 0.25) is 0 Å². The maximum absolute atomic E-state index is 12.9. The number of nitrogens with zero attached hydrogens (tertiary/aromatic N) is 4. The Kier molecular flexibility index (Phi) is 12.4. The quantitative estimate of drug-likeness (QED) is 0.251. The lowest BCUT2D eigenvalue weighted by atomic mass is 10.1. The first kappa shape index (κ1) is 32.2. The van der Waals surface area contributed by atoms with Gasteiger partial charge in [-0.1, -0.05) is 6.92 Å². The number of esters is 3. The molecule has 0 bridgehead atoms. The van der Waals surface area contributed by atoms with E-state index in [1.165, 1.54) is 20.8 Å². The first-order valence-corrected chi connectivity index (χ1v) is 13.7. The van der Waals surface area contributed by atoms with Crippen LogP contribution in [-0.2, 0) is 38.1 Å². The van der Waals surface area contributed by atoms with E-state index < -0.39 is 41.8 Å². The fraction of sp³-hybridized carbons (Fsp3) is 0.760. The molecule has 0 aliphatic carbocycles. The van der Waals surface area contributed by atoms with E-state index in [-0.39, 0.29) is 31.4 Å². The fourth-order valence-electron chi connectivity index (χ4n) is 3.70. The Balaban J connectivity index is 2.10. The SMILES string of the molecule is CCCC(=O)O[C@@H](C)C(=O)O[C@@H](C)C(=O)O[C@H](COc1nsnc1N1CCOCC1)CN(C(C)=O)C(C)(C)C. The van der Waals surface area contributed by atoms with Crippen LogP contribution in [0.3, 0.4) is 0 Å². The van der Waals surface area contributed by atoms with Crippen molar-refractivity contribution in [2.24, 2.45) is 0 Å². The van der Waals surface area contributed by atoms with E-state index in [2.05, 4.69) is 8.75 Å². The number of amides is 1. The van der Waals surface area contributed by atoms with Crippen molar-refractivity contribution in [3.8, 4) is 5.88 Å². The van der Waals surface area contributed by atoms with Crippen LogP contribution in [0, 0.1) is 0 Å². The summed E-state index contributed by atoms with van der Waals surface area (Å²) in [7, 11) is 0. The van der Waals surface area contributed by atoms with Crippen molar-refractivity contribution >= 4 is 41.4 Å². The van der Waals surface area contributed by atoms with E-state index >= 15 is 0 Å². The highest BCUT2D eigenvalue weighted by atomic mass is 32.1. The topological polar surface area (TPSA) is 147 Å². The normalized spacial score (nSPS) is 16.0. The standard InChI is InChI=1S/C25H40N4O9S/c1-8-9-20(31)36-16(2)23(32)37-17(3)24(33)38-19(14-29(18(4)30)25(5,6)7)15-35-22-21(26-39-27-22)28-10-12-34-13-11-28/h16-17,19H,8-15H2,1-7H3/t16-,17-,19-/m0/s1. The molecule has 1 amide bonds. The van der Waals surface area contributed by atoms with Gasteiger partial charge in [0.15, 0.2) is 18.3 Å². The molecule has 0 spiro atoms. The van der Waals surface area contributed by atoms with Crippen LogP contribution < -0.4 is 9.64 Å². The minimum atomic E-state index is -1.29. The molecule has 0 saturated carbocycles. The molecule has 14 heteroatoms. The number of rotatable bonds is 13. The Morgan fingerprint density at radius 1 is 1.03 bits per heavy atom. The second-order valence-electron chi connectivity index (χ2n) is 10.1. The third-order valence-corrected chi connectivity index (χ3v) is 6.24. The molecule has 39 heavy (non-hydrogen) atoms. The van der Waals surface area contributed by atoms with Crippen LogP contribution >= 0.6 is 11.7 Å². The first-order chi connectivity index (χ1) is 18.3. The molecule has 1 aromatic heterocycles. The molecule has 220 valence electrons. The van der Waals surface area contributed by atoms with Gasteiger partial charge in [0.25, 0.3) is 5.88 Å². The number of hydrogen-bond donors (Lipinski definition) is 0.